The van der Waals surface area contributed by atoms with E-state index in [0.29, 0.717) is 23.3 Å². The van der Waals surface area contributed by atoms with Crippen LogP contribution in [0.1, 0.15) is 52.5 Å². The average molecular weight is 581 g/mol. The molecule has 34 heavy (non-hydrogen) atoms. The minimum absolute atomic E-state index is 0.112. The van der Waals surface area contributed by atoms with E-state index < -0.39 is 5.97 Å². The van der Waals surface area contributed by atoms with Gasteiger partial charge in [-0.3, -0.25) is 14.5 Å². The lowest BCUT2D eigenvalue weighted by Crippen LogP contribution is -2.34. The first-order valence-corrected chi connectivity index (χ1v) is 11.9. The number of hydrogen-bond donors (Lipinski definition) is 0. The van der Waals surface area contributed by atoms with Crippen LogP contribution in [0.15, 0.2) is 30.3 Å². The summed E-state index contributed by atoms with van der Waals surface area (Å²) < 4.78 is 23.3. The predicted octanol–water partition coefficient (Wildman–Crippen LogP) is 4.08. The largest absolute Gasteiger partial charge is 0.496 e. The van der Waals surface area contributed by atoms with Gasteiger partial charge in [-0.2, -0.15) is 0 Å². The van der Waals surface area contributed by atoms with Gasteiger partial charge in [-0.15, -0.1) is 0 Å². The van der Waals surface area contributed by atoms with E-state index in [2.05, 4.69) is 27.5 Å². The molecule has 2 aromatic rings. The van der Waals surface area contributed by atoms with Crippen molar-refractivity contribution in [3.8, 4) is 17.2 Å². The molecule has 0 radical (unpaired) electrons. The van der Waals surface area contributed by atoms with Crippen molar-refractivity contribution in [2.45, 2.75) is 32.2 Å². The van der Waals surface area contributed by atoms with Gasteiger partial charge in [-0.1, -0.05) is 6.07 Å². The lowest BCUT2D eigenvalue weighted by atomic mass is 9.87. The molecule has 0 amide bonds. The van der Waals surface area contributed by atoms with E-state index in [-0.39, 0.29) is 47.4 Å². The van der Waals surface area contributed by atoms with E-state index in [9.17, 15) is 14.4 Å². The molecular formula is C25H28INO7. The number of methoxy groups -OCH3 is 2. The Bertz CT molecular complexity index is 1100. The maximum absolute atomic E-state index is 13.2. The van der Waals surface area contributed by atoms with Crippen LogP contribution in [-0.4, -0.2) is 63.1 Å². The number of likely N-dealkylation sites (N-methyl/N-ethyl adjacent to an activating group) is 1. The highest BCUT2D eigenvalue weighted by Crippen LogP contribution is 2.48. The van der Waals surface area contributed by atoms with Crippen molar-refractivity contribution in [1.29, 1.82) is 0 Å². The number of benzene rings is 2. The zero-order chi connectivity index (χ0) is 25.0. The summed E-state index contributed by atoms with van der Waals surface area (Å²) >= 11 is 2.12. The van der Waals surface area contributed by atoms with E-state index in [1.807, 2.05) is 13.1 Å². The van der Waals surface area contributed by atoms with Crippen LogP contribution in [0.5, 0.6) is 17.2 Å². The maximum atomic E-state index is 13.2. The minimum Gasteiger partial charge on any atom is -0.496 e. The number of likely N-dealkylation sites (tertiary alicyclic amines) is 1. The summed E-state index contributed by atoms with van der Waals surface area (Å²) in [4.78, 5) is 39.5. The van der Waals surface area contributed by atoms with Crippen molar-refractivity contribution in [2.75, 3.05) is 34.4 Å². The summed E-state index contributed by atoms with van der Waals surface area (Å²) in [5.74, 6) is -0.713. The predicted molar refractivity (Wildman–Crippen MR) is 134 cm³/mol. The number of carbonyl (C=O) groups excluding carboxylic acids is 3. The van der Waals surface area contributed by atoms with E-state index in [4.69, 9.17) is 18.9 Å². The van der Waals surface area contributed by atoms with Crippen LogP contribution in [0.4, 0.5) is 0 Å². The molecule has 0 N–H and O–H groups in total. The number of Topliss-reactive ketones (excluding diaryl/α,β-unsaturated/α-hetero) is 1. The van der Waals surface area contributed by atoms with Crippen molar-refractivity contribution < 1.29 is 33.3 Å². The second kappa shape index (κ2) is 11.2. The van der Waals surface area contributed by atoms with Gasteiger partial charge >= 0.3 is 11.9 Å². The fraction of sp³-hybridized carbons (Fsp3) is 0.400. The number of esters is 2. The highest BCUT2D eigenvalue weighted by Gasteiger charge is 2.40. The highest BCUT2D eigenvalue weighted by molar-refractivity contribution is 14.1. The van der Waals surface area contributed by atoms with Gasteiger partial charge in [0.25, 0.3) is 0 Å². The Morgan fingerprint density at radius 3 is 2.38 bits per heavy atom. The zero-order valence-electron chi connectivity index (χ0n) is 19.8. The molecule has 1 aliphatic rings. The standard InChI is InChI=1S/C25H28INO7/c1-14(28)22-20(31-4)12-21(32-5)23(18-9-10-27(3)19(18)13-33-15(2)29)24(22)34-25(30)16-7-6-8-17(26)11-16/h6-8,11-12,18-19H,9-10,13H2,1-5H3/t18-,19+/m1/s1. The van der Waals surface area contributed by atoms with Gasteiger partial charge in [0.05, 0.1) is 25.8 Å². The summed E-state index contributed by atoms with van der Waals surface area (Å²) in [6, 6.07) is 8.43. The number of nitrogens with zero attached hydrogens (tertiary/aromatic N) is 1. The Morgan fingerprint density at radius 1 is 1.09 bits per heavy atom. The fourth-order valence-corrected chi connectivity index (χ4v) is 4.85. The highest BCUT2D eigenvalue weighted by atomic mass is 127. The molecule has 1 fully saturated rings. The Labute approximate surface area is 212 Å². The fourth-order valence-electron chi connectivity index (χ4n) is 4.31. The molecule has 1 aliphatic heterocycles. The van der Waals surface area contributed by atoms with Crippen molar-refractivity contribution in [2.24, 2.45) is 0 Å². The maximum Gasteiger partial charge on any atom is 0.343 e. The topological polar surface area (TPSA) is 91.4 Å². The Kier molecular flexibility index (Phi) is 8.53. The van der Waals surface area contributed by atoms with Crippen LogP contribution >= 0.6 is 22.6 Å². The second-order valence-corrected chi connectivity index (χ2v) is 9.35. The first kappa shape index (κ1) is 26.0. The molecule has 2 atom stereocenters. The molecule has 3 rings (SSSR count). The molecule has 0 saturated carbocycles. The van der Waals surface area contributed by atoms with Gasteiger partial charge in [0.15, 0.2) is 11.5 Å². The normalized spacial score (nSPS) is 17.8. The summed E-state index contributed by atoms with van der Waals surface area (Å²) in [7, 11) is 4.89. The van der Waals surface area contributed by atoms with E-state index in [0.717, 1.165) is 10.1 Å². The van der Waals surface area contributed by atoms with Gasteiger partial charge < -0.3 is 18.9 Å². The minimum atomic E-state index is -0.597. The van der Waals surface area contributed by atoms with E-state index in [1.54, 1.807) is 24.3 Å². The molecule has 0 unspecified atom stereocenters. The van der Waals surface area contributed by atoms with Crippen molar-refractivity contribution in [3.05, 3.63) is 50.6 Å². The van der Waals surface area contributed by atoms with Crippen molar-refractivity contribution in [1.82, 2.24) is 4.90 Å². The number of hydrogen-bond acceptors (Lipinski definition) is 8. The molecule has 0 bridgehead atoms. The molecule has 1 heterocycles. The molecular weight excluding hydrogens is 553 g/mol. The third-order valence-electron chi connectivity index (χ3n) is 5.94. The first-order valence-electron chi connectivity index (χ1n) is 10.8. The molecule has 1 saturated heterocycles. The molecule has 0 spiro atoms. The molecule has 182 valence electrons. The third-order valence-corrected chi connectivity index (χ3v) is 6.62. The quantitative estimate of drug-likeness (QED) is 0.200. The Balaban J connectivity index is 2.19. The smallest absolute Gasteiger partial charge is 0.343 e. The average Bonchev–Trinajstić information content (AvgIpc) is 3.16. The summed E-state index contributed by atoms with van der Waals surface area (Å²) in [5, 5.41) is 0. The lowest BCUT2D eigenvalue weighted by molar-refractivity contribution is -0.142. The Hall–Kier alpha value is -2.66. The molecule has 9 heteroatoms. The van der Waals surface area contributed by atoms with Gasteiger partial charge in [-0.25, -0.2) is 4.79 Å². The second-order valence-electron chi connectivity index (χ2n) is 8.10. The van der Waals surface area contributed by atoms with Crippen LogP contribution in [0.2, 0.25) is 0 Å². The van der Waals surface area contributed by atoms with Crippen molar-refractivity contribution >= 4 is 40.3 Å². The molecule has 0 aliphatic carbocycles. The zero-order valence-corrected chi connectivity index (χ0v) is 22.0. The van der Waals surface area contributed by atoms with Crippen LogP contribution in [-0.2, 0) is 9.53 Å². The molecule has 0 aromatic heterocycles. The number of rotatable bonds is 8. The van der Waals surface area contributed by atoms with Crippen LogP contribution in [0.3, 0.4) is 0 Å². The summed E-state index contributed by atoms with van der Waals surface area (Å²) in [6.07, 6.45) is 0.691. The summed E-state index contributed by atoms with van der Waals surface area (Å²) in [6.45, 7) is 3.64. The number of ether oxygens (including phenoxy) is 4. The van der Waals surface area contributed by atoms with Crippen molar-refractivity contribution in [3.63, 3.8) is 0 Å². The van der Waals surface area contributed by atoms with Gasteiger partial charge in [0, 0.05) is 28.0 Å². The van der Waals surface area contributed by atoms with Crippen LogP contribution in [0.25, 0.3) is 0 Å². The molecule has 8 nitrogen and oxygen atoms in total. The lowest BCUT2D eigenvalue weighted by Gasteiger charge is -2.28. The van der Waals surface area contributed by atoms with Crippen LogP contribution < -0.4 is 14.2 Å². The number of ketones is 1. The van der Waals surface area contributed by atoms with Gasteiger partial charge in [-0.05, 0) is 67.7 Å². The van der Waals surface area contributed by atoms with E-state index in [1.165, 1.54) is 28.1 Å². The third kappa shape index (κ3) is 5.52. The van der Waals surface area contributed by atoms with Gasteiger partial charge in [0.1, 0.15) is 23.7 Å². The SMILES string of the molecule is COc1cc(OC)c([C@@H]2CCN(C)[C@H]2COC(C)=O)c(OC(=O)c2cccc(I)c2)c1C(C)=O. The number of halogens is 1. The van der Waals surface area contributed by atoms with Gasteiger partial charge in [0.2, 0.25) is 0 Å². The molecule has 2 aromatic carbocycles. The first-order chi connectivity index (χ1) is 16.2. The summed E-state index contributed by atoms with van der Waals surface area (Å²) in [5.41, 5.74) is 1.10. The van der Waals surface area contributed by atoms with Crippen LogP contribution in [0, 0.1) is 3.57 Å². The van der Waals surface area contributed by atoms with E-state index >= 15 is 0 Å². The monoisotopic (exact) mass is 581 g/mol. The number of carbonyl (C=O) groups is 3. The Morgan fingerprint density at radius 2 is 1.79 bits per heavy atom.